The molecule has 0 aliphatic heterocycles. The third-order valence-electron chi connectivity index (χ3n) is 1.96. The molecule has 0 radical (unpaired) electrons. The lowest BCUT2D eigenvalue weighted by Crippen LogP contribution is -1.96. The molecule has 72 valence electrons. The Labute approximate surface area is 86.3 Å². The zero-order valence-electron chi connectivity index (χ0n) is 7.66. The molecule has 0 aliphatic rings. The molecule has 0 aliphatic carbocycles. The van der Waals surface area contributed by atoms with Gasteiger partial charge >= 0.3 is 0 Å². The highest BCUT2D eigenvalue weighted by Gasteiger charge is 2.08. The number of rotatable bonds is 2. The minimum Gasteiger partial charge on any atom is -0.389 e. The largest absolute Gasteiger partial charge is 0.389 e. The van der Waals surface area contributed by atoms with E-state index >= 15 is 0 Å². The van der Waals surface area contributed by atoms with Crippen LogP contribution in [0.5, 0.6) is 0 Å². The Morgan fingerprint density at radius 1 is 1.15 bits per heavy atom. The smallest absolute Gasteiger partial charge is 0.0772 e. The number of aliphatic hydroxyl groups excluding tert-OH is 2. The summed E-state index contributed by atoms with van der Waals surface area (Å²) in [4.78, 5) is 0. The standard InChI is InChI=1S/C10H13BrO2/c1-6(12)8-3-4-9(7(2)13)10(11)5-8/h3-7,12-13H,1-2H3. The van der Waals surface area contributed by atoms with E-state index in [4.69, 9.17) is 0 Å². The minimum absolute atomic E-state index is 0.473. The first kappa shape index (κ1) is 10.7. The summed E-state index contributed by atoms with van der Waals surface area (Å²) in [5, 5.41) is 18.6. The van der Waals surface area contributed by atoms with E-state index in [1.807, 2.05) is 18.2 Å². The van der Waals surface area contributed by atoms with Gasteiger partial charge in [0, 0.05) is 4.47 Å². The van der Waals surface area contributed by atoms with Gasteiger partial charge in [0.15, 0.2) is 0 Å². The molecule has 0 heterocycles. The average Bonchev–Trinajstić information content (AvgIpc) is 2.03. The molecule has 13 heavy (non-hydrogen) atoms. The van der Waals surface area contributed by atoms with E-state index in [2.05, 4.69) is 15.9 Å². The van der Waals surface area contributed by atoms with E-state index in [0.717, 1.165) is 15.6 Å². The summed E-state index contributed by atoms with van der Waals surface area (Å²) in [5.41, 5.74) is 1.68. The van der Waals surface area contributed by atoms with Gasteiger partial charge in [-0.3, -0.25) is 0 Å². The van der Waals surface area contributed by atoms with E-state index in [1.54, 1.807) is 13.8 Å². The van der Waals surface area contributed by atoms with Crippen LogP contribution >= 0.6 is 15.9 Å². The molecular formula is C10H13BrO2. The van der Waals surface area contributed by atoms with Gasteiger partial charge in [-0.2, -0.15) is 0 Å². The average molecular weight is 245 g/mol. The van der Waals surface area contributed by atoms with Crippen LogP contribution < -0.4 is 0 Å². The van der Waals surface area contributed by atoms with Crippen LogP contribution in [0.15, 0.2) is 22.7 Å². The second-order valence-corrected chi connectivity index (χ2v) is 3.99. The van der Waals surface area contributed by atoms with E-state index in [0.29, 0.717) is 0 Å². The third-order valence-corrected chi connectivity index (χ3v) is 2.64. The third kappa shape index (κ3) is 2.53. The van der Waals surface area contributed by atoms with Gasteiger partial charge < -0.3 is 10.2 Å². The van der Waals surface area contributed by atoms with Crippen molar-refractivity contribution in [1.82, 2.24) is 0 Å². The van der Waals surface area contributed by atoms with Crippen molar-refractivity contribution in [3.05, 3.63) is 33.8 Å². The monoisotopic (exact) mass is 244 g/mol. The fraction of sp³-hybridized carbons (Fsp3) is 0.400. The van der Waals surface area contributed by atoms with Crippen molar-refractivity contribution < 1.29 is 10.2 Å². The van der Waals surface area contributed by atoms with Crippen molar-refractivity contribution in [2.24, 2.45) is 0 Å². The summed E-state index contributed by atoms with van der Waals surface area (Å²) >= 11 is 3.34. The van der Waals surface area contributed by atoms with Crippen molar-refractivity contribution in [2.75, 3.05) is 0 Å². The minimum atomic E-state index is -0.488. The Morgan fingerprint density at radius 3 is 2.15 bits per heavy atom. The molecular weight excluding hydrogens is 232 g/mol. The second kappa shape index (κ2) is 4.22. The van der Waals surface area contributed by atoms with Crippen molar-refractivity contribution in [1.29, 1.82) is 0 Å². The van der Waals surface area contributed by atoms with Gasteiger partial charge in [0.05, 0.1) is 12.2 Å². The van der Waals surface area contributed by atoms with Gasteiger partial charge in [0.25, 0.3) is 0 Å². The number of aliphatic hydroxyl groups is 2. The Morgan fingerprint density at radius 2 is 1.77 bits per heavy atom. The molecule has 0 saturated carbocycles. The number of hydrogen-bond acceptors (Lipinski definition) is 2. The molecule has 0 bridgehead atoms. The lowest BCUT2D eigenvalue weighted by Gasteiger charge is -2.10. The molecule has 0 aromatic heterocycles. The van der Waals surface area contributed by atoms with Gasteiger partial charge in [-0.05, 0) is 31.0 Å². The van der Waals surface area contributed by atoms with E-state index in [1.165, 1.54) is 0 Å². The summed E-state index contributed by atoms with van der Waals surface area (Å²) in [6.07, 6.45) is -0.961. The highest BCUT2D eigenvalue weighted by Crippen LogP contribution is 2.26. The molecule has 3 heteroatoms. The maximum atomic E-state index is 9.34. The van der Waals surface area contributed by atoms with Crippen LogP contribution in [-0.4, -0.2) is 10.2 Å². The molecule has 2 atom stereocenters. The Bertz CT molecular complexity index is 295. The molecule has 2 nitrogen and oxygen atoms in total. The Hall–Kier alpha value is -0.380. The van der Waals surface area contributed by atoms with Crippen LogP contribution in [0, 0.1) is 0 Å². The summed E-state index contributed by atoms with van der Waals surface area (Å²) in [7, 11) is 0. The molecule has 1 aromatic rings. The molecule has 0 saturated heterocycles. The van der Waals surface area contributed by atoms with Crippen molar-refractivity contribution in [3.63, 3.8) is 0 Å². The highest BCUT2D eigenvalue weighted by molar-refractivity contribution is 9.10. The lowest BCUT2D eigenvalue weighted by atomic mass is 10.1. The Kier molecular flexibility index (Phi) is 3.47. The van der Waals surface area contributed by atoms with Gasteiger partial charge in [-0.15, -0.1) is 0 Å². The summed E-state index contributed by atoms with van der Waals surface area (Å²) in [5.74, 6) is 0. The fourth-order valence-electron chi connectivity index (χ4n) is 1.14. The van der Waals surface area contributed by atoms with Gasteiger partial charge in [-0.25, -0.2) is 0 Å². The lowest BCUT2D eigenvalue weighted by molar-refractivity contribution is 0.194. The van der Waals surface area contributed by atoms with Gasteiger partial charge in [0.1, 0.15) is 0 Å². The molecule has 2 unspecified atom stereocenters. The number of hydrogen-bond donors (Lipinski definition) is 2. The van der Waals surface area contributed by atoms with Crippen LogP contribution in [0.25, 0.3) is 0 Å². The SMILES string of the molecule is CC(O)c1ccc(C(C)O)c(Br)c1. The summed E-state index contributed by atoms with van der Waals surface area (Å²) in [6, 6.07) is 5.46. The van der Waals surface area contributed by atoms with Crippen LogP contribution in [0.3, 0.4) is 0 Å². The second-order valence-electron chi connectivity index (χ2n) is 3.13. The molecule has 0 spiro atoms. The summed E-state index contributed by atoms with van der Waals surface area (Å²) in [6.45, 7) is 3.42. The number of benzene rings is 1. The van der Waals surface area contributed by atoms with Gasteiger partial charge in [0.2, 0.25) is 0 Å². The van der Waals surface area contributed by atoms with Crippen molar-refractivity contribution in [2.45, 2.75) is 26.1 Å². The van der Waals surface area contributed by atoms with E-state index in [9.17, 15) is 10.2 Å². The first-order valence-corrected chi connectivity index (χ1v) is 4.97. The zero-order valence-corrected chi connectivity index (χ0v) is 9.25. The first-order chi connectivity index (χ1) is 6.02. The van der Waals surface area contributed by atoms with Gasteiger partial charge in [-0.1, -0.05) is 28.1 Å². The number of halogens is 1. The topological polar surface area (TPSA) is 40.5 Å². The van der Waals surface area contributed by atoms with E-state index in [-0.39, 0.29) is 0 Å². The summed E-state index contributed by atoms with van der Waals surface area (Å²) < 4.78 is 0.834. The van der Waals surface area contributed by atoms with Crippen molar-refractivity contribution in [3.8, 4) is 0 Å². The molecule has 1 rings (SSSR count). The highest BCUT2D eigenvalue weighted by atomic mass is 79.9. The van der Waals surface area contributed by atoms with Crippen LogP contribution in [0.2, 0.25) is 0 Å². The van der Waals surface area contributed by atoms with Crippen LogP contribution in [-0.2, 0) is 0 Å². The maximum absolute atomic E-state index is 9.34. The molecule has 0 amide bonds. The predicted octanol–water partition coefficient (Wildman–Crippen LogP) is 2.56. The predicted molar refractivity (Wildman–Crippen MR) is 55.4 cm³/mol. The first-order valence-electron chi connectivity index (χ1n) is 4.18. The normalized spacial score (nSPS) is 15.5. The van der Waals surface area contributed by atoms with Crippen molar-refractivity contribution >= 4 is 15.9 Å². The fourth-order valence-corrected chi connectivity index (χ4v) is 1.87. The molecule has 1 aromatic carbocycles. The quantitative estimate of drug-likeness (QED) is 0.840. The van der Waals surface area contributed by atoms with Crippen LogP contribution in [0.4, 0.5) is 0 Å². The molecule has 2 N–H and O–H groups in total. The van der Waals surface area contributed by atoms with E-state index < -0.39 is 12.2 Å². The maximum Gasteiger partial charge on any atom is 0.0772 e. The Balaban J connectivity index is 3.06. The van der Waals surface area contributed by atoms with Crippen LogP contribution in [0.1, 0.15) is 37.2 Å². The molecule has 0 fully saturated rings. The zero-order chi connectivity index (χ0) is 10.0.